The van der Waals surface area contributed by atoms with E-state index in [0.29, 0.717) is 0 Å². The summed E-state index contributed by atoms with van der Waals surface area (Å²) in [5.74, 6) is 0.897. The van der Waals surface area contributed by atoms with Gasteiger partial charge in [-0.25, -0.2) is 0 Å². The first-order valence-corrected chi connectivity index (χ1v) is 6.99. The Morgan fingerprint density at radius 3 is 2.95 bits per heavy atom. The summed E-state index contributed by atoms with van der Waals surface area (Å²) in [5.41, 5.74) is 3.26. The third-order valence-corrected chi connectivity index (χ3v) is 3.56. The molecule has 96 valence electrons. The molecule has 0 amide bonds. The minimum absolute atomic E-state index is 0.780. The number of aromatic nitrogens is 3. The summed E-state index contributed by atoms with van der Waals surface area (Å²) in [4.78, 5) is 4.38. The first-order valence-electron chi connectivity index (χ1n) is 6.26. The summed E-state index contributed by atoms with van der Waals surface area (Å²) < 4.78 is 8.67. The standard InChI is InChI=1S/C14H14N4S/c1-2-15-14-13(17-19-18-14)9-10-7-8-16-12-6-4-3-5-11(10)12/h3-8H,2,9H2,1H3,(H,15,18). The van der Waals surface area contributed by atoms with Crippen LogP contribution in [-0.4, -0.2) is 20.3 Å². The fraction of sp³-hybridized carbons (Fsp3) is 0.214. The molecule has 0 aliphatic heterocycles. The maximum Gasteiger partial charge on any atom is 0.163 e. The lowest BCUT2D eigenvalue weighted by molar-refractivity contribution is 1.10. The molecule has 4 nitrogen and oxygen atoms in total. The van der Waals surface area contributed by atoms with Crippen molar-refractivity contribution in [1.82, 2.24) is 13.7 Å². The van der Waals surface area contributed by atoms with Crippen molar-refractivity contribution in [3.8, 4) is 0 Å². The van der Waals surface area contributed by atoms with Crippen LogP contribution >= 0.6 is 11.7 Å². The highest BCUT2D eigenvalue weighted by atomic mass is 32.1. The van der Waals surface area contributed by atoms with Crippen LogP contribution < -0.4 is 5.32 Å². The number of anilines is 1. The first kappa shape index (κ1) is 12.0. The van der Waals surface area contributed by atoms with E-state index in [-0.39, 0.29) is 0 Å². The van der Waals surface area contributed by atoms with Crippen molar-refractivity contribution in [1.29, 1.82) is 0 Å². The molecule has 3 aromatic rings. The maximum atomic E-state index is 4.38. The van der Waals surface area contributed by atoms with Crippen molar-refractivity contribution < 1.29 is 0 Å². The second-order valence-electron chi connectivity index (χ2n) is 4.25. The lowest BCUT2D eigenvalue weighted by Crippen LogP contribution is -2.01. The summed E-state index contributed by atoms with van der Waals surface area (Å²) in [6, 6.07) is 10.2. The number of pyridine rings is 1. The fourth-order valence-electron chi connectivity index (χ4n) is 2.11. The van der Waals surface area contributed by atoms with E-state index >= 15 is 0 Å². The van der Waals surface area contributed by atoms with Gasteiger partial charge in [0.1, 0.15) is 5.69 Å². The lowest BCUT2D eigenvalue weighted by atomic mass is 10.0. The Labute approximate surface area is 115 Å². The molecule has 0 atom stereocenters. The van der Waals surface area contributed by atoms with E-state index in [1.54, 1.807) is 0 Å². The Kier molecular flexibility index (Phi) is 3.37. The van der Waals surface area contributed by atoms with Gasteiger partial charge in [-0.15, -0.1) is 0 Å². The zero-order chi connectivity index (χ0) is 13.1. The number of rotatable bonds is 4. The minimum atomic E-state index is 0.780. The van der Waals surface area contributed by atoms with Gasteiger partial charge < -0.3 is 5.32 Å². The van der Waals surface area contributed by atoms with Crippen molar-refractivity contribution in [3.63, 3.8) is 0 Å². The molecule has 0 fully saturated rings. The van der Waals surface area contributed by atoms with Crippen LogP contribution in [0.5, 0.6) is 0 Å². The van der Waals surface area contributed by atoms with E-state index in [1.807, 2.05) is 24.4 Å². The third kappa shape index (κ3) is 2.42. The van der Waals surface area contributed by atoms with Crippen molar-refractivity contribution in [3.05, 3.63) is 47.8 Å². The predicted molar refractivity (Wildman–Crippen MR) is 78.6 cm³/mol. The zero-order valence-corrected chi connectivity index (χ0v) is 11.4. The van der Waals surface area contributed by atoms with Crippen LogP contribution in [0.25, 0.3) is 10.9 Å². The van der Waals surface area contributed by atoms with Gasteiger partial charge in [0.15, 0.2) is 5.82 Å². The highest BCUT2D eigenvalue weighted by Gasteiger charge is 2.10. The molecule has 0 unspecified atom stereocenters. The highest BCUT2D eigenvalue weighted by Crippen LogP contribution is 2.22. The number of benzene rings is 1. The molecule has 0 aliphatic carbocycles. The Bertz CT molecular complexity index is 687. The number of fused-ring (bicyclic) bond motifs is 1. The molecular formula is C14H14N4S. The van der Waals surface area contributed by atoms with E-state index in [2.05, 4.69) is 38.1 Å². The largest absolute Gasteiger partial charge is 0.368 e. The molecule has 19 heavy (non-hydrogen) atoms. The molecular weight excluding hydrogens is 256 g/mol. The molecule has 0 saturated heterocycles. The molecule has 2 heterocycles. The van der Waals surface area contributed by atoms with Crippen molar-refractivity contribution in [2.75, 3.05) is 11.9 Å². The van der Waals surface area contributed by atoms with Crippen molar-refractivity contribution in [2.24, 2.45) is 0 Å². The van der Waals surface area contributed by atoms with Gasteiger partial charge in [0.25, 0.3) is 0 Å². The average Bonchev–Trinajstić information content (AvgIpc) is 2.87. The smallest absolute Gasteiger partial charge is 0.163 e. The predicted octanol–water partition coefficient (Wildman–Crippen LogP) is 3.11. The topological polar surface area (TPSA) is 50.7 Å². The molecule has 2 aromatic heterocycles. The lowest BCUT2D eigenvalue weighted by Gasteiger charge is -2.05. The van der Waals surface area contributed by atoms with Gasteiger partial charge in [-0.2, -0.15) is 8.75 Å². The normalized spacial score (nSPS) is 10.8. The van der Waals surface area contributed by atoms with Gasteiger partial charge in [0, 0.05) is 24.5 Å². The Balaban J connectivity index is 1.99. The van der Waals surface area contributed by atoms with Crippen LogP contribution in [0.3, 0.4) is 0 Å². The minimum Gasteiger partial charge on any atom is -0.368 e. The molecule has 0 radical (unpaired) electrons. The molecule has 0 aliphatic rings. The van der Waals surface area contributed by atoms with Gasteiger partial charge in [-0.1, -0.05) is 18.2 Å². The second-order valence-corrected chi connectivity index (χ2v) is 4.78. The number of hydrogen-bond donors (Lipinski definition) is 1. The quantitative estimate of drug-likeness (QED) is 0.791. The van der Waals surface area contributed by atoms with Crippen LogP contribution in [0.4, 0.5) is 5.82 Å². The summed E-state index contributed by atoms with van der Waals surface area (Å²) >= 11 is 1.25. The Hall–Kier alpha value is -2.01. The Morgan fingerprint density at radius 1 is 1.16 bits per heavy atom. The molecule has 5 heteroatoms. The molecule has 0 bridgehead atoms. The van der Waals surface area contributed by atoms with Crippen LogP contribution in [-0.2, 0) is 6.42 Å². The third-order valence-electron chi connectivity index (χ3n) is 3.00. The first-order chi connectivity index (χ1) is 9.38. The van der Waals surface area contributed by atoms with E-state index in [0.717, 1.165) is 30.0 Å². The number of para-hydroxylation sites is 1. The van der Waals surface area contributed by atoms with Crippen LogP contribution in [0.2, 0.25) is 0 Å². The average molecular weight is 270 g/mol. The fourth-order valence-corrected chi connectivity index (χ4v) is 2.66. The van der Waals surface area contributed by atoms with Gasteiger partial charge in [0.2, 0.25) is 0 Å². The molecule has 0 saturated carbocycles. The number of hydrogen-bond acceptors (Lipinski definition) is 5. The van der Waals surface area contributed by atoms with Gasteiger partial charge in [0.05, 0.1) is 17.2 Å². The van der Waals surface area contributed by atoms with E-state index in [1.165, 1.54) is 22.7 Å². The van der Waals surface area contributed by atoms with Crippen LogP contribution in [0, 0.1) is 0 Å². The zero-order valence-electron chi connectivity index (χ0n) is 10.6. The van der Waals surface area contributed by atoms with Crippen molar-refractivity contribution in [2.45, 2.75) is 13.3 Å². The van der Waals surface area contributed by atoms with Gasteiger partial charge >= 0.3 is 0 Å². The summed E-state index contributed by atoms with van der Waals surface area (Å²) in [5, 5.41) is 4.43. The van der Waals surface area contributed by atoms with E-state index in [4.69, 9.17) is 0 Å². The van der Waals surface area contributed by atoms with E-state index < -0.39 is 0 Å². The second kappa shape index (κ2) is 5.32. The summed E-state index contributed by atoms with van der Waals surface area (Å²) in [6.45, 7) is 2.92. The SMILES string of the molecule is CCNc1nsnc1Cc1ccnc2ccccc12. The van der Waals surface area contributed by atoms with Gasteiger partial charge in [-0.05, 0) is 24.6 Å². The molecule has 3 rings (SSSR count). The number of nitrogens with one attached hydrogen (secondary N) is 1. The molecule has 0 spiro atoms. The van der Waals surface area contributed by atoms with Crippen LogP contribution in [0.1, 0.15) is 18.2 Å². The van der Waals surface area contributed by atoms with Crippen LogP contribution in [0.15, 0.2) is 36.5 Å². The highest BCUT2D eigenvalue weighted by molar-refractivity contribution is 6.99. The summed E-state index contributed by atoms with van der Waals surface area (Å²) in [7, 11) is 0. The monoisotopic (exact) mass is 270 g/mol. The number of nitrogens with zero attached hydrogens (tertiary/aromatic N) is 3. The maximum absolute atomic E-state index is 4.38. The molecule has 1 N–H and O–H groups in total. The van der Waals surface area contributed by atoms with Crippen molar-refractivity contribution >= 4 is 28.4 Å². The van der Waals surface area contributed by atoms with E-state index in [9.17, 15) is 0 Å². The van der Waals surface area contributed by atoms with Gasteiger partial charge in [-0.3, -0.25) is 4.98 Å². The molecule has 1 aromatic carbocycles. The Morgan fingerprint density at radius 2 is 2.05 bits per heavy atom. The summed E-state index contributed by atoms with van der Waals surface area (Å²) in [6.07, 6.45) is 2.63.